The normalized spacial score (nSPS) is 7.50. The van der Waals surface area contributed by atoms with E-state index in [1.165, 1.54) is 6.08 Å². The lowest BCUT2D eigenvalue weighted by atomic mass is 10.7. The Labute approximate surface area is 74.2 Å². The Morgan fingerprint density at radius 3 is 2.33 bits per heavy atom. The molecule has 0 aromatic carbocycles. The summed E-state index contributed by atoms with van der Waals surface area (Å²) in [5.41, 5.74) is -1.61. The molecule has 5 nitrogen and oxygen atoms in total. The molecule has 1 N–H and O–H groups in total. The Morgan fingerprint density at radius 1 is 1.67 bits per heavy atom. The third-order valence-corrected chi connectivity index (χ3v) is 0.491. The smallest absolute Gasteiger partial charge is 0.332 e. The van der Waals surface area contributed by atoms with Gasteiger partial charge in [-0.25, -0.2) is 4.79 Å². The van der Waals surface area contributed by atoms with Crippen LogP contribution in [0, 0.1) is 0 Å². The Kier molecular flexibility index (Phi) is 11.2. The molecule has 0 saturated carbocycles. The first-order valence-corrected chi connectivity index (χ1v) is 3.16. The second kappa shape index (κ2) is 9.93. The third kappa shape index (κ3) is 23.1. The summed E-state index contributed by atoms with van der Waals surface area (Å²) < 4.78 is 4.33. The monoisotopic (exact) mass is 195 g/mol. The van der Waals surface area contributed by atoms with Crippen molar-refractivity contribution in [2.24, 2.45) is 0 Å². The zero-order chi connectivity index (χ0) is 9.98. The SMILES string of the molecule is C=CCOC(=O)CO.O=C([O-])Cl. The van der Waals surface area contributed by atoms with Gasteiger partial charge in [0.2, 0.25) is 0 Å². The molecular formula is C6H8ClO5-. The highest BCUT2D eigenvalue weighted by molar-refractivity contribution is 6.59. The molecule has 12 heavy (non-hydrogen) atoms. The first-order chi connectivity index (χ1) is 5.54. The van der Waals surface area contributed by atoms with Crippen LogP contribution in [0.2, 0.25) is 0 Å². The van der Waals surface area contributed by atoms with E-state index in [-0.39, 0.29) is 6.61 Å². The van der Waals surface area contributed by atoms with Crippen LogP contribution in [0.15, 0.2) is 12.7 Å². The molecule has 0 fully saturated rings. The van der Waals surface area contributed by atoms with E-state index in [2.05, 4.69) is 22.9 Å². The van der Waals surface area contributed by atoms with Crippen molar-refractivity contribution in [1.82, 2.24) is 0 Å². The van der Waals surface area contributed by atoms with Gasteiger partial charge in [0.15, 0.2) is 0 Å². The predicted molar refractivity (Wildman–Crippen MR) is 39.5 cm³/mol. The summed E-state index contributed by atoms with van der Waals surface area (Å²) in [5.74, 6) is -0.620. The Bertz CT molecular complexity index is 152. The second-order valence-electron chi connectivity index (χ2n) is 1.37. The highest BCUT2D eigenvalue weighted by Gasteiger charge is 1.93. The van der Waals surface area contributed by atoms with Crippen LogP contribution >= 0.6 is 11.6 Å². The Hall–Kier alpha value is -1.07. The van der Waals surface area contributed by atoms with Crippen LogP contribution in [0.1, 0.15) is 0 Å². The van der Waals surface area contributed by atoms with Gasteiger partial charge in [0.25, 0.3) is 0 Å². The number of carbonyl (C=O) groups excluding carboxylic acids is 2. The van der Waals surface area contributed by atoms with Crippen molar-refractivity contribution >= 4 is 23.0 Å². The summed E-state index contributed by atoms with van der Waals surface area (Å²) in [6.45, 7) is 2.91. The summed E-state index contributed by atoms with van der Waals surface area (Å²) in [6, 6.07) is 0. The van der Waals surface area contributed by atoms with Crippen molar-refractivity contribution in [2.45, 2.75) is 0 Å². The molecule has 6 heteroatoms. The molecule has 0 aliphatic heterocycles. The van der Waals surface area contributed by atoms with Crippen molar-refractivity contribution in [3.63, 3.8) is 0 Å². The first kappa shape index (κ1) is 13.5. The molecule has 0 bridgehead atoms. The minimum absolute atomic E-state index is 0.166. The molecule has 0 saturated heterocycles. The van der Waals surface area contributed by atoms with Gasteiger partial charge in [-0.15, -0.1) is 0 Å². The number of esters is 1. The molecular weight excluding hydrogens is 188 g/mol. The van der Waals surface area contributed by atoms with Crippen LogP contribution in [-0.2, 0) is 9.53 Å². The van der Waals surface area contributed by atoms with Gasteiger partial charge >= 0.3 is 5.97 Å². The molecule has 0 aromatic rings. The van der Waals surface area contributed by atoms with Crippen LogP contribution in [0.3, 0.4) is 0 Å². The molecule has 0 atom stereocenters. The van der Waals surface area contributed by atoms with Crippen molar-refractivity contribution < 1.29 is 24.5 Å². The van der Waals surface area contributed by atoms with Gasteiger partial charge in [-0.2, -0.15) is 0 Å². The van der Waals surface area contributed by atoms with Crippen LogP contribution in [0.4, 0.5) is 4.79 Å². The number of carboxylic acid groups (broad SMARTS) is 1. The van der Waals surface area contributed by atoms with Gasteiger partial charge in [-0.1, -0.05) is 24.3 Å². The predicted octanol–water partition coefficient (Wildman–Crippen LogP) is -0.724. The van der Waals surface area contributed by atoms with Gasteiger partial charge in [0.1, 0.15) is 18.6 Å². The first-order valence-electron chi connectivity index (χ1n) is 2.78. The summed E-state index contributed by atoms with van der Waals surface area (Å²) in [6.07, 6.45) is 1.44. The molecule has 0 aliphatic carbocycles. The van der Waals surface area contributed by atoms with Crippen molar-refractivity contribution in [3.8, 4) is 0 Å². The average Bonchev–Trinajstić information content (AvgIpc) is 1.99. The number of hydrogen-bond acceptors (Lipinski definition) is 5. The van der Waals surface area contributed by atoms with E-state index in [0.717, 1.165) is 0 Å². The molecule has 0 radical (unpaired) electrons. The summed E-state index contributed by atoms with van der Waals surface area (Å²) in [7, 11) is 0. The number of ether oxygens (including phenoxy) is 1. The Balaban J connectivity index is 0. The number of aliphatic hydroxyl groups excluding tert-OH is 1. The zero-order valence-electron chi connectivity index (χ0n) is 6.16. The minimum atomic E-state index is -1.61. The molecule has 70 valence electrons. The van der Waals surface area contributed by atoms with Crippen molar-refractivity contribution in [2.75, 3.05) is 13.2 Å². The molecule has 0 aromatic heterocycles. The molecule has 0 aliphatic rings. The molecule has 0 rings (SSSR count). The van der Waals surface area contributed by atoms with Crippen LogP contribution in [0.5, 0.6) is 0 Å². The van der Waals surface area contributed by atoms with E-state index in [9.17, 15) is 4.79 Å². The fraction of sp³-hybridized carbons (Fsp3) is 0.333. The van der Waals surface area contributed by atoms with Gasteiger partial charge in [0.05, 0.1) is 0 Å². The van der Waals surface area contributed by atoms with E-state index in [1.807, 2.05) is 0 Å². The van der Waals surface area contributed by atoms with Crippen molar-refractivity contribution in [1.29, 1.82) is 0 Å². The number of aliphatic hydroxyl groups is 1. The number of rotatable bonds is 3. The average molecular weight is 196 g/mol. The van der Waals surface area contributed by atoms with E-state index in [4.69, 9.17) is 15.0 Å². The molecule has 0 spiro atoms. The van der Waals surface area contributed by atoms with E-state index >= 15 is 0 Å². The third-order valence-electron chi connectivity index (χ3n) is 0.491. The maximum absolute atomic E-state index is 10.1. The molecule has 0 unspecified atom stereocenters. The summed E-state index contributed by atoms with van der Waals surface area (Å²) >= 11 is 4.08. The molecule has 0 amide bonds. The van der Waals surface area contributed by atoms with Crippen LogP contribution in [-0.4, -0.2) is 29.7 Å². The van der Waals surface area contributed by atoms with Crippen LogP contribution < -0.4 is 5.11 Å². The largest absolute Gasteiger partial charge is 0.534 e. The maximum atomic E-state index is 10.1. The van der Waals surface area contributed by atoms with Gasteiger partial charge in [-0.3, -0.25) is 0 Å². The van der Waals surface area contributed by atoms with E-state index in [1.54, 1.807) is 0 Å². The van der Waals surface area contributed by atoms with Gasteiger partial charge in [-0.05, 0) is 0 Å². The van der Waals surface area contributed by atoms with Gasteiger partial charge in [0, 0.05) is 0 Å². The summed E-state index contributed by atoms with van der Waals surface area (Å²) in [4.78, 5) is 18.7. The number of hydrogen-bond donors (Lipinski definition) is 1. The fourth-order valence-electron chi connectivity index (χ4n) is 0.198. The van der Waals surface area contributed by atoms with Gasteiger partial charge < -0.3 is 19.7 Å². The van der Waals surface area contributed by atoms with E-state index in [0.29, 0.717) is 0 Å². The lowest BCUT2D eigenvalue weighted by Gasteiger charge is -1.94. The Morgan fingerprint density at radius 2 is 2.08 bits per heavy atom. The van der Waals surface area contributed by atoms with E-state index < -0.39 is 18.0 Å². The minimum Gasteiger partial charge on any atom is -0.534 e. The second-order valence-corrected chi connectivity index (χ2v) is 1.68. The highest BCUT2D eigenvalue weighted by atomic mass is 35.5. The standard InChI is InChI=1S/C5H8O3.CHClO2/c1-2-3-8-5(7)4-6;2-1(3)4/h2,6H,1,3-4H2;(H,3,4)/p-1. The quantitative estimate of drug-likeness (QED) is 0.365. The summed E-state index contributed by atoms with van der Waals surface area (Å²) in [5, 5.41) is 16.7. The van der Waals surface area contributed by atoms with Crippen LogP contribution in [0.25, 0.3) is 0 Å². The number of carbonyl (C=O) groups is 2. The lowest BCUT2D eigenvalue weighted by Crippen LogP contribution is -2.11. The topological polar surface area (TPSA) is 86.7 Å². The maximum Gasteiger partial charge on any atom is 0.332 e. The van der Waals surface area contributed by atoms with Crippen molar-refractivity contribution in [3.05, 3.63) is 12.7 Å². The highest BCUT2D eigenvalue weighted by Crippen LogP contribution is 1.74. The molecule has 0 heterocycles. The lowest BCUT2D eigenvalue weighted by molar-refractivity contribution is -0.233. The fourth-order valence-corrected chi connectivity index (χ4v) is 0.198. The zero-order valence-corrected chi connectivity index (χ0v) is 6.91. The number of halogens is 1.